The summed E-state index contributed by atoms with van der Waals surface area (Å²) in [4.78, 5) is 16.1. The molecule has 0 bridgehead atoms. The van der Waals surface area contributed by atoms with E-state index in [2.05, 4.69) is 18.7 Å². The Morgan fingerprint density at radius 2 is 2.08 bits per heavy atom. The molecule has 2 saturated carbocycles. The van der Waals surface area contributed by atoms with Crippen LogP contribution in [0.5, 0.6) is 0 Å². The maximum atomic E-state index is 11.5. The average Bonchev–Trinajstić information content (AvgIpc) is 2.91. The van der Waals surface area contributed by atoms with Crippen LogP contribution in [-0.2, 0) is 19.2 Å². The van der Waals surface area contributed by atoms with Crippen molar-refractivity contribution < 1.29 is 29.5 Å². The number of fused-ring (bicyclic) bond motifs is 5. The Labute approximate surface area is 154 Å². The van der Waals surface area contributed by atoms with Crippen molar-refractivity contribution >= 4 is 5.97 Å². The van der Waals surface area contributed by atoms with Crippen molar-refractivity contribution in [2.24, 2.45) is 22.7 Å². The molecule has 0 radical (unpaired) electrons. The predicted molar refractivity (Wildman–Crippen MR) is 93.2 cm³/mol. The van der Waals surface area contributed by atoms with Crippen molar-refractivity contribution in [2.75, 3.05) is 6.61 Å². The first-order chi connectivity index (χ1) is 12.3. The summed E-state index contributed by atoms with van der Waals surface area (Å²) in [7, 11) is 0. The molecule has 4 rings (SSSR count). The first kappa shape index (κ1) is 18.4. The first-order valence-electron chi connectivity index (χ1n) is 9.78. The molecule has 1 aliphatic heterocycles. The third-order valence-electron chi connectivity index (χ3n) is 7.83. The van der Waals surface area contributed by atoms with Gasteiger partial charge in [-0.05, 0) is 43.4 Å². The second kappa shape index (κ2) is 6.30. The predicted octanol–water partition coefficient (Wildman–Crippen LogP) is 2.70. The Balaban J connectivity index is 1.65. The highest BCUT2D eigenvalue weighted by Crippen LogP contribution is 2.62. The van der Waals surface area contributed by atoms with Gasteiger partial charge in [-0.15, -0.1) is 0 Å². The van der Waals surface area contributed by atoms with Gasteiger partial charge in [-0.2, -0.15) is 0 Å². The minimum absolute atomic E-state index is 0.00311. The summed E-state index contributed by atoms with van der Waals surface area (Å²) in [5.41, 5.74) is 0.957. The SMILES string of the molecule is CC(=O)OC1COC2C3C(CC[C@]12C)[C@@]1(C)CC[C@H](OO)CC1=C[C@@H]3O. The van der Waals surface area contributed by atoms with Gasteiger partial charge in [0.1, 0.15) is 6.10 Å². The summed E-state index contributed by atoms with van der Waals surface area (Å²) in [6, 6.07) is 0. The van der Waals surface area contributed by atoms with E-state index in [-0.39, 0.29) is 41.0 Å². The number of rotatable bonds is 2. The Kier molecular flexibility index (Phi) is 4.46. The molecule has 0 aromatic heterocycles. The molecule has 4 unspecified atom stereocenters. The molecule has 146 valence electrons. The first-order valence-corrected chi connectivity index (χ1v) is 9.78. The van der Waals surface area contributed by atoms with Gasteiger partial charge in [0.05, 0.1) is 24.9 Å². The zero-order valence-electron chi connectivity index (χ0n) is 15.8. The lowest BCUT2D eigenvalue weighted by Gasteiger charge is -2.57. The highest BCUT2D eigenvalue weighted by molar-refractivity contribution is 5.66. The average molecular weight is 366 g/mol. The molecule has 1 heterocycles. The van der Waals surface area contributed by atoms with E-state index in [4.69, 9.17) is 14.7 Å². The van der Waals surface area contributed by atoms with Gasteiger partial charge in [-0.1, -0.05) is 25.5 Å². The van der Waals surface area contributed by atoms with Crippen LogP contribution in [0.15, 0.2) is 11.6 Å². The summed E-state index contributed by atoms with van der Waals surface area (Å²) < 4.78 is 11.7. The number of carbonyl (C=O) groups is 1. The van der Waals surface area contributed by atoms with Crippen LogP contribution in [0.2, 0.25) is 0 Å². The Morgan fingerprint density at radius 1 is 1.31 bits per heavy atom. The zero-order valence-corrected chi connectivity index (χ0v) is 15.8. The molecular weight excluding hydrogens is 336 g/mol. The number of aliphatic hydroxyl groups is 1. The number of hydrogen-bond donors (Lipinski definition) is 2. The van der Waals surface area contributed by atoms with Gasteiger partial charge >= 0.3 is 5.97 Å². The standard InChI is InChI=1S/C20H30O6/c1-11(21)25-16-10-24-18-17-14(5-7-20(16,18)3)19(2)6-4-13(26-23)8-12(19)9-15(17)22/h9,13-18,22-23H,4-8,10H2,1-3H3/t13-,14?,15-,16?,17?,18?,19-,20+/m0/s1. The number of aliphatic hydroxyl groups excluding tert-OH is 1. The van der Waals surface area contributed by atoms with E-state index in [1.165, 1.54) is 12.5 Å². The molecule has 0 amide bonds. The van der Waals surface area contributed by atoms with Gasteiger partial charge in [0, 0.05) is 18.3 Å². The molecule has 3 fully saturated rings. The lowest BCUT2D eigenvalue weighted by Crippen LogP contribution is -2.58. The van der Waals surface area contributed by atoms with Crippen molar-refractivity contribution in [2.45, 2.75) is 77.3 Å². The molecule has 6 nitrogen and oxygen atoms in total. The van der Waals surface area contributed by atoms with Crippen molar-refractivity contribution in [1.82, 2.24) is 0 Å². The van der Waals surface area contributed by atoms with Crippen LogP contribution >= 0.6 is 0 Å². The zero-order chi connectivity index (χ0) is 18.7. The molecule has 0 aromatic carbocycles. The van der Waals surface area contributed by atoms with E-state index in [0.717, 1.165) is 25.7 Å². The van der Waals surface area contributed by atoms with Crippen molar-refractivity contribution in [3.8, 4) is 0 Å². The van der Waals surface area contributed by atoms with Crippen LogP contribution < -0.4 is 0 Å². The third-order valence-corrected chi connectivity index (χ3v) is 7.83. The van der Waals surface area contributed by atoms with Gasteiger partial charge in [0.25, 0.3) is 0 Å². The molecule has 4 aliphatic rings. The van der Waals surface area contributed by atoms with Crippen molar-refractivity contribution in [1.29, 1.82) is 0 Å². The van der Waals surface area contributed by atoms with Crippen LogP contribution in [-0.4, -0.2) is 47.4 Å². The van der Waals surface area contributed by atoms with Gasteiger partial charge in [0.2, 0.25) is 0 Å². The lowest BCUT2D eigenvalue weighted by molar-refractivity contribution is -0.285. The number of hydrogen-bond acceptors (Lipinski definition) is 6. The summed E-state index contributed by atoms with van der Waals surface area (Å²) in [5, 5.41) is 20.0. The normalized spacial score (nSPS) is 50.3. The van der Waals surface area contributed by atoms with Crippen LogP contribution in [0.1, 0.15) is 52.9 Å². The largest absolute Gasteiger partial charge is 0.459 e. The van der Waals surface area contributed by atoms with E-state index in [1.807, 2.05) is 6.08 Å². The van der Waals surface area contributed by atoms with Gasteiger partial charge in [-0.3, -0.25) is 10.1 Å². The molecule has 6 heteroatoms. The molecule has 1 saturated heterocycles. The third kappa shape index (κ3) is 2.57. The van der Waals surface area contributed by atoms with E-state index < -0.39 is 6.10 Å². The summed E-state index contributed by atoms with van der Waals surface area (Å²) in [6.07, 6.45) is 5.20. The van der Waals surface area contributed by atoms with E-state index >= 15 is 0 Å². The van der Waals surface area contributed by atoms with Crippen LogP contribution in [0.4, 0.5) is 0 Å². The molecule has 2 N–H and O–H groups in total. The van der Waals surface area contributed by atoms with Crippen LogP contribution in [0.25, 0.3) is 0 Å². The topological polar surface area (TPSA) is 85.2 Å². The molecule has 3 aliphatic carbocycles. The van der Waals surface area contributed by atoms with Gasteiger partial charge < -0.3 is 14.6 Å². The maximum Gasteiger partial charge on any atom is 0.303 e. The summed E-state index contributed by atoms with van der Waals surface area (Å²) in [5.74, 6) is 0.0595. The maximum absolute atomic E-state index is 11.5. The van der Waals surface area contributed by atoms with E-state index in [0.29, 0.717) is 18.9 Å². The van der Waals surface area contributed by atoms with Crippen LogP contribution in [0.3, 0.4) is 0 Å². The fraction of sp³-hybridized carbons (Fsp3) is 0.850. The summed E-state index contributed by atoms with van der Waals surface area (Å²) >= 11 is 0. The lowest BCUT2D eigenvalue weighted by atomic mass is 9.49. The Morgan fingerprint density at radius 3 is 2.77 bits per heavy atom. The van der Waals surface area contributed by atoms with Gasteiger partial charge in [-0.25, -0.2) is 4.89 Å². The monoisotopic (exact) mass is 366 g/mol. The fourth-order valence-corrected chi connectivity index (χ4v) is 6.30. The minimum atomic E-state index is -0.582. The molecule has 0 aromatic rings. The Bertz CT molecular complexity index is 617. The second-order valence-electron chi connectivity index (χ2n) is 9.15. The highest BCUT2D eigenvalue weighted by atomic mass is 17.1. The smallest absolute Gasteiger partial charge is 0.303 e. The van der Waals surface area contributed by atoms with Crippen molar-refractivity contribution in [3.05, 3.63) is 11.6 Å². The highest BCUT2D eigenvalue weighted by Gasteiger charge is 2.62. The summed E-state index contributed by atoms with van der Waals surface area (Å²) in [6.45, 7) is 6.27. The molecule has 0 spiro atoms. The molecule has 26 heavy (non-hydrogen) atoms. The van der Waals surface area contributed by atoms with Crippen LogP contribution in [0, 0.1) is 22.7 Å². The van der Waals surface area contributed by atoms with Crippen molar-refractivity contribution in [3.63, 3.8) is 0 Å². The second-order valence-corrected chi connectivity index (χ2v) is 9.15. The van der Waals surface area contributed by atoms with Gasteiger partial charge in [0.15, 0.2) is 0 Å². The quantitative estimate of drug-likeness (QED) is 0.338. The molecule has 8 atom stereocenters. The Hall–Kier alpha value is -0.950. The fourth-order valence-electron chi connectivity index (χ4n) is 6.30. The van der Waals surface area contributed by atoms with E-state index in [1.54, 1.807) is 0 Å². The minimum Gasteiger partial charge on any atom is -0.459 e. The number of esters is 1. The number of carbonyl (C=O) groups excluding carboxylic acids is 1. The molecular formula is C20H30O6. The number of ether oxygens (including phenoxy) is 2. The van der Waals surface area contributed by atoms with E-state index in [9.17, 15) is 9.90 Å².